The summed E-state index contributed by atoms with van der Waals surface area (Å²) in [5, 5.41) is 9.19. The summed E-state index contributed by atoms with van der Waals surface area (Å²) < 4.78 is 18.6. The molecular weight excluding hydrogens is 562 g/mol. The monoisotopic (exact) mass is 595 g/mol. The Bertz CT molecular complexity index is 1610. The van der Waals surface area contributed by atoms with Crippen LogP contribution < -0.4 is 15.4 Å². The fraction of sp³-hybridized carbons (Fsp3) is 0.414. The second-order valence-electron chi connectivity index (χ2n) is 11.8. The van der Waals surface area contributed by atoms with Crippen molar-refractivity contribution in [2.24, 2.45) is 5.41 Å². The van der Waals surface area contributed by atoms with Gasteiger partial charge in [0, 0.05) is 24.2 Å². The molecule has 0 bridgehead atoms. The minimum absolute atomic E-state index is 0.0241. The molecule has 40 heavy (non-hydrogen) atoms. The highest BCUT2D eigenvalue weighted by atomic mass is 35.5. The van der Waals surface area contributed by atoms with Crippen LogP contribution in [0.4, 0.5) is 11.6 Å². The Morgan fingerprint density at radius 2 is 1.95 bits per heavy atom. The Kier molecular flexibility index (Phi) is 7.09. The lowest BCUT2D eigenvalue weighted by Crippen LogP contribution is -2.48. The van der Waals surface area contributed by atoms with Gasteiger partial charge in [-0.15, -0.1) is 10.2 Å². The number of nitrogens with one attached hydrogen (secondary N) is 1. The fourth-order valence-electron chi connectivity index (χ4n) is 5.97. The highest BCUT2D eigenvalue weighted by Gasteiger charge is 2.49. The first-order valence-corrected chi connectivity index (χ1v) is 15.8. The number of benzene rings is 1. The van der Waals surface area contributed by atoms with Crippen molar-refractivity contribution in [1.29, 1.82) is 0 Å². The van der Waals surface area contributed by atoms with Gasteiger partial charge >= 0.3 is 0 Å². The average Bonchev–Trinajstić information content (AvgIpc) is 3.52. The van der Waals surface area contributed by atoms with Crippen molar-refractivity contribution in [3.05, 3.63) is 70.6 Å². The van der Waals surface area contributed by atoms with Gasteiger partial charge in [0.25, 0.3) is 0 Å². The topological polar surface area (TPSA) is 101 Å². The van der Waals surface area contributed by atoms with E-state index < -0.39 is 11.0 Å². The Hall–Kier alpha value is -2.66. The number of fused-ring (bicyclic) bond motifs is 2. The molecule has 4 aromatic rings. The van der Waals surface area contributed by atoms with E-state index in [0.717, 1.165) is 59.2 Å². The van der Waals surface area contributed by atoms with Gasteiger partial charge in [0.2, 0.25) is 0 Å². The number of halogens is 1. The van der Waals surface area contributed by atoms with Gasteiger partial charge in [-0.05, 0) is 81.2 Å². The molecule has 8 nitrogen and oxygen atoms in total. The average molecular weight is 596 g/mol. The maximum atomic E-state index is 13.3. The van der Waals surface area contributed by atoms with Crippen LogP contribution in [0.25, 0.3) is 5.65 Å². The number of piperidine rings is 1. The lowest BCUT2D eigenvalue weighted by atomic mass is 9.73. The van der Waals surface area contributed by atoms with Gasteiger partial charge < -0.3 is 10.6 Å². The number of aryl methyl sites for hydroxylation is 1. The van der Waals surface area contributed by atoms with E-state index in [9.17, 15) is 4.21 Å². The molecule has 11 heteroatoms. The van der Waals surface area contributed by atoms with Crippen LogP contribution in [0, 0.1) is 12.3 Å². The quantitative estimate of drug-likeness (QED) is 0.303. The molecule has 0 saturated carbocycles. The summed E-state index contributed by atoms with van der Waals surface area (Å²) in [6.45, 7) is 9.95. The number of nitrogens with zero attached hydrogens (tertiary/aromatic N) is 5. The molecule has 210 valence electrons. The molecule has 4 heterocycles. The number of rotatable bonds is 5. The summed E-state index contributed by atoms with van der Waals surface area (Å²) >= 11 is 7.98. The van der Waals surface area contributed by atoms with Crippen LogP contribution >= 0.6 is 23.4 Å². The van der Waals surface area contributed by atoms with Gasteiger partial charge in [0.1, 0.15) is 18.0 Å². The minimum atomic E-state index is -1.15. The normalized spacial score (nSPS) is 19.3. The summed E-state index contributed by atoms with van der Waals surface area (Å²) in [5.41, 5.74) is 10.5. The predicted molar refractivity (Wildman–Crippen MR) is 163 cm³/mol. The van der Waals surface area contributed by atoms with Crippen molar-refractivity contribution < 1.29 is 4.21 Å². The summed E-state index contributed by atoms with van der Waals surface area (Å²) in [4.78, 5) is 8.33. The molecule has 1 saturated heterocycles. The molecule has 0 radical (unpaired) electrons. The van der Waals surface area contributed by atoms with Crippen molar-refractivity contribution in [1.82, 2.24) is 24.3 Å². The fourth-order valence-corrected chi connectivity index (χ4v) is 8.13. The maximum absolute atomic E-state index is 13.3. The van der Waals surface area contributed by atoms with Gasteiger partial charge in [-0.25, -0.2) is 13.9 Å². The molecule has 1 unspecified atom stereocenters. The van der Waals surface area contributed by atoms with Crippen molar-refractivity contribution in [3.63, 3.8) is 0 Å². The zero-order valence-corrected chi connectivity index (χ0v) is 25.5. The van der Waals surface area contributed by atoms with Crippen molar-refractivity contribution in [2.75, 3.05) is 23.7 Å². The molecule has 2 aliphatic rings. The molecule has 1 aromatic carbocycles. The third-order valence-electron chi connectivity index (χ3n) is 8.18. The van der Waals surface area contributed by atoms with Crippen LogP contribution in [-0.4, -0.2) is 41.6 Å². The second kappa shape index (κ2) is 10.3. The second-order valence-corrected chi connectivity index (χ2v) is 15.2. The number of pyridine rings is 2. The number of anilines is 2. The van der Waals surface area contributed by atoms with Gasteiger partial charge in [-0.1, -0.05) is 47.6 Å². The van der Waals surface area contributed by atoms with Crippen molar-refractivity contribution in [3.8, 4) is 0 Å². The molecular formula is C29H34ClN7OS2. The van der Waals surface area contributed by atoms with Gasteiger partial charge in [-0.2, -0.15) is 0 Å². The van der Waals surface area contributed by atoms with Crippen LogP contribution in [0.3, 0.4) is 0 Å². The van der Waals surface area contributed by atoms with E-state index in [-0.39, 0.29) is 16.2 Å². The SMILES string of the molecule is Cc1cc(N2CCC3(CC2)Cc2ccccc2[C@H]3NS(=O)C(C)(C)C)n2cnnc2c1Sc1ccnc(N)c1Cl. The molecule has 6 rings (SSSR count). The maximum Gasteiger partial charge on any atom is 0.176 e. The zero-order valence-electron chi connectivity index (χ0n) is 23.1. The zero-order chi connectivity index (χ0) is 28.2. The summed E-state index contributed by atoms with van der Waals surface area (Å²) in [6, 6.07) is 12.8. The third kappa shape index (κ3) is 4.78. The van der Waals surface area contributed by atoms with E-state index in [0.29, 0.717) is 10.8 Å². The molecule has 3 N–H and O–H groups in total. The number of hydrogen-bond donors (Lipinski definition) is 2. The first-order valence-electron chi connectivity index (χ1n) is 13.5. The first kappa shape index (κ1) is 27.5. The van der Waals surface area contributed by atoms with Gasteiger partial charge in [-0.3, -0.25) is 4.40 Å². The molecule has 1 aliphatic heterocycles. The van der Waals surface area contributed by atoms with Crippen LogP contribution in [0.5, 0.6) is 0 Å². The van der Waals surface area contributed by atoms with E-state index in [4.69, 9.17) is 17.3 Å². The lowest BCUT2D eigenvalue weighted by molar-refractivity contribution is 0.177. The summed E-state index contributed by atoms with van der Waals surface area (Å²) in [6.07, 6.45) is 6.43. The number of nitrogen functional groups attached to an aromatic ring is 1. The van der Waals surface area contributed by atoms with E-state index in [1.54, 1.807) is 12.5 Å². The van der Waals surface area contributed by atoms with Gasteiger partial charge in [0.15, 0.2) is 5.65 Å². The largest absolute Gasteiger partial charge is 0.382 e. The highest BCUT2D eigenvalue weighted by molar-refractivity contribution is 7.99. The minimum Gasteiger partial charge on any atom is -0.382 e. The number of hydrogen-bond acceptors (Lipinski definition) is 7. The van der Waals surface area contributed by atoms with E-state index in [1.807, 2.05) is 26.8 Å². The third-order valence-corrected chi connectivity index (χ3v) is 11.5. The van der Waals surface area contributed by atoms with Crippen molar-refractivity contribution in [2.45, 2.75) is 67.5 Å². The summed E-state index contributed by atoms with van der Waals surface area (Å²) in [5.74, 6) is 1.39. The molecule has 0 amide bonds. The van der Waals surface area contributed by atoms with Crippen LogP contribution in [0.2, 0.25) is 5.02 Å². The lowest BCUT2D eigenvalue weighted by Gasteiger charge is -2.44. The van der Waals surface area contributed by atoms with E-state index in [2.05, 4.69) is 66.5 Å². The molecule has 1 fully saturated rings. The van der Waals surface area contributed by atoms with Gasteiger partial charge in [0.05, 0.1) is 31.7 Å². The summed E-state index contributed by atoms with van der Waals surface area (Å²) in [7, 11) is -1.15. The van der Waals surface area contributed by atoms with Crippen LogP contribution in [0.1, 0.15) is 56.3 Å². The van der Waals surface area contributed by atoms with Crippen molar-refractivity contribution >= 4 is 51.6 Å². The first-order chi connectivity index (χ1) is 19.1. The van der Waals surface area contributed by atoms with Crippen LogP contribution in [0.15, 0.2) is 58.7 Å². The molecule has 2 atom stereocenters. The molecule has 1 aliphatic carbocycles. The standard InChI is InChI=1S/C29H34ClN7OS2/c1-18-15-22(37-17-33-34-27(37)24(18)39-21-9-12-32-26(31)23(21)30)36-13-10-29(11-14-36)16-19-7-5-6-8-20(19)25(29)35-40(38)28(2,3)4/h5-9,12,15,17,25,35H,10-11,13-14,16H2,1-4H3,(H2,31,32)/t25-,40?/m1/s1. The highest BCUT2D eigenvalue weighted by Crippen LogP contribution is 2.53. The number of nitrogens with two attached hydrogens (primary N) is 1. The smallest absolute Gasteiger partial charge is 0.176 e. The van der Waals surface area contributed by atoms with E-state index in [1.165, 1.54) is 22.9 Å². The Balaban J connectivity index is 1.28. The Labute approximate surface area is 246 Å². The Morgan fingerprint density at radius 1 is 1.20 bits per heavy atom. The van der Waals surface area contributed by atoms with E-state index >= 15 is 0 Å². The number of aromatic nitrogens is 4. The Morgan fingerprint density at radius 3 is 2.70 bits per heavy atom. The predicted octanol–water partition coefficient (Wildman–Crippen LogP) is 5.76. The molecule has 3 aromatic heterocycles. The van der Waals surface area contributed by atoms with Crippen LogP contribution in [-0.2, 0) is 17.4 Å². The molecule has 1 spiro atoms.